The highest BCUT2D eigenvalue weighted by atomic mass is 15.3. The van der Waals surface area contributed by atoms with Gasteiger partial charge in [0.15, 0.2) is 5.82 Å². The van der Waals surface area contributed by atoms with Crippen molar-refractivity contribution >= 4 is 5.82 Å². The summed E-state index contributed by atoms with van der Waals surface area (Å²) in [6, 6.07) is 4.76. The largest absolute Gasteiger partial charge is 0.351 e. The molecule has 0 aromatic carbocycles. The van der Waals surface area contributed by atoms with Crippen molar-refractivity contribution in [1.29, 1.82) is 0 Å². The summed E-state index contributed by atoms with van der Waals surface area (Å²) >= 11 is 0. The highest BCUT2D eigenvalue weighted by molar-refractivity contribution is 5.40. The molecule has 0 bridgehead atoms. The summed E-state index contributed by atoms with van der Waals surface area (Å²) in [6.07, 6.45) is 2.49. The molecule has 118 valence electrons. The number of rotatable bonds is 5. The standard InChI is InChI=1S/C16H29N5/c1-16(2,3)17-11-13-8-9-15(19-18-13)21-10-6-7-14(21)12-20(4)5/h8-9,14,17H,6-7,10-12H2,1-5H3. The Morgan fingerprint density at radius 1 is 1.29 bits per heavy atom. The number of anilines is 1. The van der Waals surface area contributed by atoms with Crippen LogP contribution in [0.2, 0.25) is 0 Å². The van der Waals surface area contributed by atoms with E-state index in [-0.39, 0.29) is 5.54 Å². The van der Waals surface area contributed by atoms with Gasteiger partial charge in [-0.3, -0.25) is 0 Å². The molecular weight excluding hydrogens is 262 g/mol. The van der Waals surface area contributed by atoms with Crippen LogP contribution in [0.15, 0.2) is 12.1 Å². The zero-order valence-electron chi connectivity index (χ0n) is 14.1. The summed E-state index contributed by atoms with van der Waals surface area (Å²) in [6.45, 7) is 9.40. The smallest absolute Gasteiger partial charge is 0.151 e. The third kappa shape index (κ3) is 4.93. The van der Waals surface area contributed by atoms with Gasteiger partial charge in [0.25, 0.3) is 0 Å². The Hall–Kier alpha value is -1.20. The summed E-state index contributed by atoms with van der Waals surface area (Å²) in [5.41, 5.74) is 1.10. The molecule has 1 aliphatic rings. The van der Waals surface area contributed by atoms with Gasteiger partial charge in [-0.15, -0.1) is 5.10 Å². The van der Waals surface area contributed by atoms with Crippen molar-refractivity contribution in [3.63, 3.8) is 0 Å². The van der Waals surface area contributed by atoms with Crippen LogP contribution < -0.4 is 10.2 Å². The lowest BCUT2D eigenvalue weighted by Crippen LogP contribution is -2.38. The lowest BCUT2D eigenvalue weighted by Gasteiger charge is -2.27. The number of likely N-dealkylation sites (N-methyl/N-ethyl adjacent to an activating group) is 1. The summed E-state index contributed by atoms with van der Waals surface area (Å²) in [4.78, 5) is 4.64. The Kier molecular flexibility index (Phi) is 5.17. The first-order valence-electron chi connectivity index (χ1n) is 7.84. The van der Waals surface area contributed by atoms with Crippen LogP contribution in [-0.4, -0.2) is 53.9 Å². The van der Waals surface area contributed by atoms with Crippen LogP contribution in [0, 0.1) is 0 Å². The van der Waals surface area contributed by atoms with Crippen molar-refractivity contribution in [2.45, 2.75) is 51.7 Å². The molecule has 21 heavy (non-hydrogen) atoms. The van der Waals surface area contributed by atoms with Crippen molar-refractivity contribution < 1.29 is 0 Å². The van der Waals surface area contributed by atoms with Crippen molar-refractivity contribution in [1.82, 2.24) is 20.4 Å². The molecule has 1 atom stereocenters. The molecule has 0 aliphatic carbocycles. The van der Waals surface area contributed by atoms with Gasteiger partial charge in [0.1, 0.15) is 0 Å². The molecule has 1 N–H and O–H groups in total. The fraction of sp³-hybridized carbons (Fsp3) is 0.750. The Morgan fingerprint density at radius 3 is 2.62 bits per heavy atom. The van der Waals surface area contributed by atoms with Gasteiger partial charge in [-0.1, -0.05) is 0 Å². The topological polar surface area (TPSA) is 44.3 Å². The van der Waals surface area contributed by atoms with Crippen molar-refractivity contribution in [3.8, 4) is 0 Å². The Labute approximate surface area is 128 Å². The quantitative estimate of drug-likeness (QED) is 0.897. The van der Waals surface area contributed by atoms with E-state index in [1.165, 1.54) is 12.8 Å². The summed E-state index contributed by atoms with van der Waals surface area (Å²) in [5.74, 6) is 1.01. The van der Waals surface area contributed by atoms with Gasteiger partial charge >= 0.3 is 0 Å². The second-order valence-corrected chi connectivity index (χ2v) is 7.24. The fourth-order valence-corrected chi connectivity index (χ4v) is 2.70. The Morgan fingerprint density at radius 2 is 2.05 bits per heavy atom. The van der Waals surface area contributed by atoms with Crippen LogP contribution >= 0.6 is 0 Å². The van der Waals surface area contributed by atoms with Crippen LogP contribution in [0.1, 0.15) is 39.3 Å². The Balaban J connectivity index is 1.98. The maximum atomic E-state index is 4.44. The normalized spacial score (nSPS) is 19.5. The highest BCUT2D eigenvalue weighted by Gasteiger charge is 2.26. The maximum Gasteiger partial charge on any atom is 0.151 e. The average molecular weight is 291 g/mol. The number of nitrogens with one attached hydrogen (secondary N) is 1. The van der Waals surface area contributed by atoms with Crippen LogP contribution in [0.4, 0.5) is 5.82 Å². The van der Waals surface area contributed by atoms with Crippen molar-refractivity contribution in [2.75, 3.05) is 32.1 Å². The first-order chi connectivity index (χ1) is 9.85. The minimum Gasteiger partial charge on any atom is -0.351 e. The predicted molar refractivity (Wildman–Crippen MR) is 87.5 cm³/mol. The summed E-state index contributed by atoms with van der Waals surface area (Å²) < 4.78 is 0. The van der Waals surface area contributed by atoms with E-state index in [1.54, 1.807) is 0 Å². The van der Waals surface area contributed by atoms with Gasteiger partial charge in [0.05, 0.1) is 5.69 Å². The minimum atomic E-state index is 0.103. The number of hydrogen-bond acceptors (Lipinski definition) is 5. The van der Waals surface area contributed by atoms with Crippen LogP contribution in [-0.2, 0) is 6.54 Å². The molecular formula is C16H29N5. The molecule has 0 spiro atoms. The molecule has 2 heterocycles. The van der Waals surface area contributed by atoms with Crippen molar-refractivity contribution in [2.24, 2.45) is 0 Å². The fourth-order valence-electron chi connectivity index (χ4n) is 2.70. The monoisotopic (exact) mass is 291 g/mol. The molecule has 1 aromatic rings. The average Bonchev–Trinajstić information content (AvgIpc) is 2.83. The molecule has 0 saturated carbocycles. The minimum absolute atomic E-state index is 0.103. The van der Waals surface area contributed by atoms with E-state index in [4.69, 9.17) is 0 Å². The van der Waals surface area contributed by atoms with Crippen LogP contribution in [0.5, 0.6) is 0 Å². The maximum absolute atomic E-state index is 4.44. The molecule has 1 fully saturated rings. The van der Waals surface area contributed by atoms with Gasteiger partial charge < -0.3 is 15.1 Å². The van der Waals surface area contributed by atoms with Gasteiger partial charge in [-0.2, -0.15) is 5.10 Å². The number of hydrogen-bond donors (Lipinski definition) is 1. The lowest BCUT2D eigenvalue weighted by atomic mass is 10.1. The molecule has 1 saturated heterocycles. The SMILES string of the molecule is CN(C)CC1CCCN1c1ccc(CNC(C)(C)C)nn1. The first-order valence-corrected chi connectivity index (χ1v) is 7.84. The summed E-state index contributed by atoms with van der Waals surface area (Å²) in [5, 5.41) is 12.2. The third-order valence-corrected chi connectivity index (χ3v) is 3.75. The zero-order valence-corrected chi connectivity index (χ0v) is 14.1. The molecule has 1 aliphatic heterocycles. The van der Waals surface area contributed by atoms with Gasteiger partial charge in [0.2, 0.25) is 0 Å². The molecule has 1 aromatic heterocycles. The van der Waals surface area contributed by atoms with Gasteiger partial charge in [-0.25, -0.2) is 0 Å². The van der Waals surface area contributed by atoms with E-state index in [9.17, 15) is 0 Å². The molecule has 1 unspecified atom stereocenters. The van der Waals surface area contributed by atoms with E-state index in [0.29, 0.717) is 6.04 Å². The van der Waals surface area contributed by atoms with Crippen molar-refractivity contribution in [3.05, 3.63) is 17.8 Å². The first kappa shape index (κ1) is 16.2. The van der Waals surface area contributed by atoms with Gasteiger partial charge in [0, 0.05) is 31.2 Å². The van der Waals surface area contributed by atoms with E-state index in [1.807, 2.05) is 0 Å². The molecule has 0 radical (unpaired) electrons. The van der Waals surface area contributed by atoms with E-state index < -0.39 is 0 Å². The van der Waals surface area contributed by atoms with Crippen LogP contribution in [0.25, 0.3) is 0 Å². The Bertz CT molecular complexity index is 435. The predicted octanol–water partition coefficient (Wildman–Crippen LogP) is 1.90. The molecule has 5 nitrogen and oxygen atoms in total. The van der Waals surface area contributed by atoms with E-state index in [2.05, 4.69) is 72.3 Å². The molecule has 0 amide bonds. The van der Waals surface area contributed by atoms with Gasteiger partial charge in [-0.05, 0) is 59.8 Å². The second-order valence-electron chi connectivity index (χ2n) is 7.24. The molecule has 5 heteroatoms. The number of aromatic nitrogens is 2. The third-order valence-electron chi connectivity index (χ3n) is 3.75. The second kappa shape index (κ2) is 6.71. The number of nitrogens with zero attached hydrogens (tertiary/aromatic N) is 4. The van der Waals surface area contributed by atoms with E-state index in [0.717, 1.165) is 31.1 Å². The van der Waals surface area contributed by atoms with E-state index >= 15 is 0 Å². The lowest BCUT2D eigenvalue weighted by molar-refractivity contribution is 0.371. The summed E-state index contributed by atoms with van der Waals surface area (Å²) in [7, 11) is 4.26. The highest BCUT2D eigenvalue weighted by Crippen LogP contribution is 2.23. The zero-order chi connectivity index (χ0) is 15.5. The van der Waals surface area contributed by atoms with Crippen LogP contribution in [0.3, 0.4) is 0 Å². The molecule has 2 rings (SSSR count).